The number of hydrogen-bond acceptors (Lipinski definition) is 6. The molecule has 2 amide bonds. The number of carbonyl (C=O) groups excluding carboxylic acids is 1. The first kappa shape index (κ1) is 28.8. The van der Waals surface area contributed by atoms with Gasteiger partial charge in [0.1, 0.15) is 18.1 Å². The molecule has 1 aliphatic rings. The van der Waals surface area contributed by atoms with E-state index < -0.39 is 6.03 Å². The van der Waals surface area contributed by atoms with Gasteiger partial charge in [-0.05, 0) is 87.5 Å². The summed E-state index contributed by atoms with van der Waals surface area (Å²) in [4.78, 5) is 19.6. The lowest BCUT2D eigenvalue weighted by molar-refractivity contribution is 0.181. The molecule has 5 rings (SSSR count). The highest BCUT2D eigenvalue weighted by atomic mass is 35.5. The largest absolute Gasteiger partial charge is 0.493 e. The molecule has 1 aromatic heterocycles. The fraction of sp³-hybridized carbons (Fsp3) is 0.290. The summed E-state index contributed by atoms with van der Waals surface area (Å²) in [5.74, 6) is 2.57. The molecule has 0 saturated carbocycles. The normalized spacial score (nSPS) is 13.6. The number of nitrogens with one attached hydrogen (secondary N) is 2. The quantitative estimate of drug-likeness (QED) is 0.203. The van der Waals surface area contributed by atoms with E-state index >= 15 is 0 Å². The SMILES string of the molecule is COc1cc2cc(Oc3ccc(NC(=O)Nc4ccc(Cl)c(Cl)c4)cc3)c(C)nc2cc1OCCN1CCCCC1. The number of likely N-dealkylation sites (tertiary alicyclic amines) is 1. The van der Waals surface area contributed by atoms with Gasteiger partial charge < -0.3 is 24.8 Å². The van der Waals surface area contributed by atoms with Crippen molar-refractivity contribution in [3.63, 3.8) is 0 Å². The van der Waals surface area contributed by atoms with Crippen LogP contribution in [0.2, 0.25) is 10.0 Å². The average molecular weight is 596 g/mol. The van der Waals surface area contributed by atoms with Gasteiger partial charge in [-0.2, -0.15) is 0 Å². The van der Waals surface area contributed by atoms with E-state index in [-0.39, 0.29) is 0 Å². The Labute approximate surface area is 249 Å². The molecule has 2 N–H and O–H groups in total. The molecule has 0 aliphatic carbocycles. The minimum Gasteiger partial charge on any atom is -0.493 e. The molecular weight excluding hydrogens is 563 g/mol. The smallest absolute Gasteiger partial charge is 0.323 e. The summed E-state index contributed by atoms with van der Waals surface area (Å²) in [6.45, 7) is 5.67. The van der Waals surface area contributed by atoms with E-state index in [2.05, 4.69) is 15.5 Å². The van der Waals surface area contributed by atoms with Gasteiger partial charge in [0, 0.05) is 29.4 Å². The van der Waals surface area contributed by atoms with E-state index in [1.807, 2.05) is 25.1 Å². The number of pyridine rings is 1. The number of amides is 2. The third-order valence-electron chi connectivity index (χ3n) is 6.88. The van der Waals surface area contributed by atoms with Gasteiger partial charge in [-0.25, -0.2) is 9.78 Å². The van der Waals surface area contributed by atoms with Crippen LogP contribution < -0.4 is 24.8 Å². The number of hydrogen-bond donors (Lipinski definition) is 2. The number of urea groups is 1. The molecule has 0 unspecified atom stereocenters. The molecular formula is C31H32Cl2N4O4. The highest BCUT2D eigenvalue weighted by Crippen LogP contribution is 2.35. The van der Waals surface area contributed by atoms with Gasteiger partial charge in [-0.1, -0.05) is 29.6 Å². The first-order valence-corrected chi connectivity index (χ1v) is 14.3. The number of piperidine rings is 1. The van der Waals surface area contributed by atoms with E-state index in [0.29, 0.717) is 51.0 Å². The maximum atomic E-state index is 12.4. The van der Waals surface area contributed by atoms with Gasteiger partial charge in [0.25, 0.3) is 0 Å². The zero-order valence-corrected chi connectivity index (χ0v) is 24.5. The average Bonchev–Trinajstić information content (AvgIpc) is 2.97. The van der Waals surface area contributed by atoms with Gasteiger partial charge in [0.15, 0.2) is 11.5 Å². The number of aryl methyl sites for hydroxylation is 1. The molecule has 1 fully saturated rings. The van der Waals surface area contributed by atoms with Gasteiger partial charge in [-0.3, -0.25) is 4.90 Å². The molecule has 214 valence electrons. The Balaban J connectivity index is 1.22. The Bertz CT molecular complexity index is 1530. The third-order valence-corrected chi connectivity index (χ3v) is 7.61. The van der Waals surface area contributed by atoms with E-state index in [1.165, 1.54) is 19.3 Å². The van der Waals surface area contributed by atoms with E-state index in [0.717, 1.165) is 36.2 Å². The highest BCUT2D eigenvalue weighted by molar-refractivity contribution is 6.42. The molecule has 10 heteroatoms. The van der Waals surface area contributed by atoms with Gasteiger partial charge in [-0.15, -0.1) is 0 Å². The molecule has 41 heavy (non-hydrogen) atoms. The van der Waals surface area contributed by atoms with Gasteiger partial charge in [0.2, 0.25) is 0 Å². The first-order valence-electron chi connectivity index (χ1n) is 13.5. The molecule has 0 atom stereocenters. The Morgan fingerprint density at radius 3 is 2.32 bits per heavy atom. The predicted molar refractivity (Wildman–Crippen MR) is 164 cm³/mol. The van der Waals surface area contributed by atoms with Gasteiger partial charge in [0.05, 0.1) is 28.4 Å². The lowest BCUT2D eigenvalue weighted by Crippen LogP contribution is -2.33. The van der Waals surface area contributed by atoms with Crippen LogP contribution in [0.15, 0.2) is 60.7 Å². The van der Waals surface area contributed by atoms with Crippen molar-refractivity contribution >= 4 is 51.5 Å². The molecule has 0 spiro atoms. The Kier molecular flexibility index (Phi) is 9.34. The number of fused-ring (bicyclic) bond motifs is 1. The van der Waals surface area contributed by atoms with Crippen LogP contribution in [0.4, 0.5) is 16.2 Å². The highest BCUT2D eigenvalue weighted by Gasteiger charge is 2.14. The van der Waals surface area contributed by atoms with Crippen LogP contribution in [0.1, 0.15) is 25.0 Å². The van der Waals surface area contributed by atoms with Crippen molar-refractivity contribution in [1.29, 1.82) is 0 Å². The molecule has 1 aliphatic heterocycles. The summed E-state index contributed by atoms with van der Waals surface area (Å²) in [6.07, 6.45) is 3.83. The van der Waals surface area contributed by atoms with E-state index in [1.54, 1.807) is 49.6 Å². The monoisotopic (exact) mass is 594 g/mol. The Hall–Kier alpha value is -3.72. The number of nitrogens with zero attached hydrogens (tertiary/aromatic N) is 2. The third kappa shape index (κ3) is 7.52. The second kappa shape index (κ2) is 13.3. The Morgan fingerprint density at radius 1 is 0.878 bits per heavy atom. The van der Waals surface area contributed by atoms with E-state index in [9.17, 15) is 4.79 Å². The van der Waals surface area contributed by atoms with Crippen LogP contribution in [0.25, 0.3) is 10.9 Å². The van der Waals surface area contributed by atoms with Crippen molar-refractivity contribution in [3.8, 4) is 23.0 Å². The predicted octanol–water partition coefficient (Wildman–Crippen LogP) is 8.16. The molecule has 0 bridgehead atoms. The van der Waals surface area contributed by atoms with Crippen molar-refractivity contribution in [3.05, 3.63) is 76.4 Å². The van der Waals surface area contributed by atoms with Crippen LogP contribution in [0.3, 0.4) is 0 Å². The number of methoxy groups -OCH3 is 1. The summed E-state index contributed by atoms with van der Waals surface area (Å²) in [7, 11) is 1.64. The minimum absolute atomic E-state index is 0.361. The number of ether oxygens (including phenoxy) is 3. The maximum absolute atomic E-state index is 12.4. The fourth-order valence-electron chi connectivity index (χ4n) is 4.70. The second-order valence-corrected chi connectivity index (χ2v) is 10.7. The van der Waals surface area contributed by atoms with E-state index in [4.69, 9.17) is 42.4 Å². The minimum atomic E-state index is -0.407. The zero-order chi connectivity index (χ0) is 28.8. The molecule has 0 radical (unpaired) electrons. The van der Waals surface area contributed by atoms with Crippen molar-refractivity contribution in [2.45, 2.75) is 26.2 Å². The van der Waals surface area contributed by atoms with Crippen LogP contribution in [0.5, 0.6) is 23.0 Å². The summed E-state index contributed by atoms with van der Waals surface area (Å²) in [5, 5.41) is 7.16. The maximum Gasteiger partial charge on any atom is 0.323 e. The van der Waals surface area contributed by atoms with Crippen LogP contribution in [-0.4, -0.2) is 49.3 Å². The van der Waals surface area contributed by atoms with Gasteiger partial charge >= 0.3 is 6.03 Å². The number of anilines is 2. The van der Waals surface area contributed by atoms with Crippen LogP contribution in [0, 0.1) is 6.92 Å². The number of carbonyl (C=O) groups is 1. The van der Waals surface area contributed by atoms with Crippen molar-refractivity contribution in [2.75, 3.05) is 44.0 Å². The molecule has 1 saturated heterocycles. The topological polar surface area (TPSA) is 85.0 Å². The second-order valence-electron chi connectivity index (χ2n) is 9.85. The summed E-state index contributed by atoms with van der Waals surface area (Å²) in [5.41, 5.74) is 2.67. The number of halogens is 2. The number of rotatable bonds is 9. The summed E-state index contributed by atoms with van der Waals surface area (Å²) >= 11 is 11.9. The molecule has 2 heterocycles. The lowest BCUT2D eigenvalue weighted by Gasteiger charge is -2.26. The molecule has 4 aromatic rings. The Morgan fingerprint density at radius 2 is 1.59 bits per heavy atom. The number of benzene rings is 3. The zero-order valence-electron chi connectivity index (χ0n) is 23.0. The molecule has 3 aromatic carbocycles. The van der Waals surface area contributed by atoms with Crippen LogP contribution in [-0.2, 0) is 0 Å². The molecule has 8 nitrogen and oxygen atoms in total. The summed E-state index contributed by atoms with van der Waals surface area (Å²) < 4.78 is 17.9. The standard InChI is InChI=1S/C31H32Cl2N4O4/c1-20-28(41-24-9-6-22(7-10-24)35-31(38)36-23-8-11-25(32)26(33)18-23)16-21-17-29(39-2)30(19-27(21)34-20)40-15-14-37-12-4-3-5-13-37/h6-11,16-19H,3-5,12-15H2,1-2H3,(H2,35,36,38). The fourth-order valence-corrected chi connectivity index (χ4v) is 5.00. The van der Waals surface area contributed by atoms with Crippen molar-refractivity contribution in [1.82, 2.24) is 9.88 Å². The first-order chi connectivity index (χ1) is 19.9. The lowest BCUT2D eigenvalue weighted by atomic mass is 10.1. The van der Waals surface area contributed by atoms with Crippen LogP contribution >= 0.6 is 23.2 Å². The van der Waals surface area contributed by atoms with Crippen molar-refractivity contribution < 1.29 is 19.0 Å². The van der Waals surface area contributed by atoms with Crippen molar-refractivity contribution in [2.24, 2.45) is 0 Å². The number of aromatic nitrogens is 1. The summed E-state index contributed by atoms with van der Waals surface area (Å²) in [6, 6.07) is 17.3.